The summed E-state index contributed by atoms with van der Waals surface area (Å²) in [4.78, 5) is 21.9. The van der Waals surface area contributed by atoms with Gasteiger partial charge >= 0.3 is 0 Å². The van der Waals surface area contributed by atoms with Crippen molar-refractivity contribution in [1.82, 2.24) is 19.7 Å². The molecule has 27 heavy (non-hydrogen) atoms. The van der Waals surface area contributed by atoms with Gasteiger partial charge in [-0.15, -0.1) is 0 Å². The molecule has 0 spiro atoms. The number of carbonyl (C=O) groups excluding carboxylic acids is 1. The van der Waals surface area contributed by atoms with Gasteiger partial charge in [-0.05, 0) is 44.0 Å². The molecule has 0 saturated heterocycles. The lowest BCUT2D eigenvalue weighted by Gasteiger charge is -2.32. The fourth-order valence-electron chi connectivity index (χ4n) is 4.11. The molecule has 1 N–H and O–H groups in total. The van der Waals surface area contributed by atoms with Crippen LogP contribution in [0.3, 0.4) is 0 Å². The zero-order valence-corrected chi connectivity index (χ0v) is 15.0. The van der Waals surface area contributed by atoms with Crippen LogP contribution in [0.25, 0.3) is 5.82 Å². The smallest absolute Gasteiger partial charge is 0.161 e. The normalized spacial score (nSPS) is 18.7. The van der Waals surface area contributed by atoms with Crippen molar-refractivity contribution in [3.63, 3.8) is 0 Å². The van der Waals surface area contributed by atoms with Gasteiger partial charge in [0.1, 0.15) is 5.82 Å². The summed E-state index contributed by atoms with van der Waals surface area (Å²) in [5, 5.41) is 8.26. The van der Waals surface area contributed by atoms with Crippen LogP contribution < -0.4 is 5.32 Å². The highest BCUT2D eigenvalue weighted by molar-refractivity contribution is 6.01. The van der Waals surface area contributed by atoms with Gasteiger partial charge in [-0.25, -0.2) is 4.98 Å². The number of pyridine rings is 2. The van der Waals surface area contributed by atoms with Crippen molar-refractivity contribution in [3.05, 3.63) is 77.0 Å². The highest BCUT2D eigenvalue weighted by atomic mass is 16.1. The standard InChI is InChI=1S/C21H19N5O/c1-13-18-20(14-7-2-4-11-22-14)19-15(8-6-9-16(19)27)24-21(18)26(25-13)17-10-3-5-12-23-17/h2-5,7,10-12,20,24H,6,8-9H2,1H3/t20-/m0/s1. The van der Waals surface area contributed by atoms with Crippen molar-refractivity contribution in [2.45, 2.75) is 32.1 Å². The van der Waals surface area contributed by atoms with Gasteiger partial charge in [-0.1, -0.05) is 12.1 Å². The third-order valence-corrected chi connectivity index (χ3v) is 5.26. The van der Waals surface area contributed by atoms with Crippen LogP contribution in [0.15, 0.2) is 60.1 Å². The van der Waals surface area contributed by atoms with E-state index < -0.39 is 0 Å². The minimum atomic E-state index is -0.192. The summed E-state index contributed by atoms with van der Waals surface area (Å²) < 4.78 is 1.84. The largest absolute Gasteiger partial charge is 0.343 e. The molecule has 0 unspecified atom stereocenters. The van der Waals surface area contributed by atoms with Gasteiger partial charge in [0, 0.05) is 35.6 Å². The van der Waals surface area contributed by atoms with Crippen LogP contribution in [0.4, 0.5) is 5.82 Å². The summed E-state index contributed by atoms with van der Waals surface area (Å²) in [6, 6.07) is 11.6. The number of anilines is 1. The number of ketones is 1. The zero-order valence-electron chi connectivity index (χ0n) is 15.0. The number of nitrogens with one attached hydrogen (secondary N) is 1. The van der Waals surface area contributed by atoms with E-state index in [1.807, 2.05) is 48.0 Å². The second kappa shape index (κ2) is 6.16. The Kier molecular flexibility index (Phi) is 3.63. The molecule has 0 amide bonds. The lowest BCUT2D eigenvalue weighted by molar-refractivity contribution is -0.116. The maximum absolute atomic E-state index is 12.8. The maximum Gasteiger partial charge on any atom is 0.161 e. The Labute approximate surface area is 157 Å². The molecule has 6 heteroatoms. The van der Waals surface area contributed by atoms with Crippen molar-refractivity contribution in [2.24, 2.45) is 0 Å². The van der Waals surface area contributed by atoms with Crippen molar-refractivity contribution in [2.75, 3.05) is 5.32 Å². The summed E-state index contributed by atoms with van der Waals surface area (Å²) in [7, 11) is 0. The van der Waals surface area contributed by atoms with E-state index in [1.54, 1.807) is 12.4 Å². The third kappa shape index (κ3) is 2.48. The van der Waals surface area contributed by atoms with E-state index in [-0.39, 0.29) is 11.7 Å². The van der Waals surface area contributed by atoms with Crippen LogP contribution in [0.1, 0.15) is 42.1 Å². The number of nitrogens with zero attached hydrogens (tertiary/aromatic N) is 4. The molecule has 4 heterocycles. The zero-order chi connectivity index (χ0) is 18.4. The predicted octanol–water partition coefficient (Wildman–Crippen LogP) is 3.54. The molecule has 3 aromatic rings. The highest BCUT2D eigenvalue weighted by Crippen LogP contribution is 2.46. The van der Waals surface area contributed by atoms with Gasteiger partial charge in [-0.3, -0.25) is 9.78 Å². The minimum Gasteiger partial charge on any atom is -0.343 e. The predicted molar refractivity (Wildman–Crippen MR) is 102 cm³/mol. The molecule has 1 aliphatic heterocycles. The average molecular weight is 357 g/mol. The van der Waals surface area contributed by atoms with Gasteiger partial charge in [0.2, 0.25) is 0 Å². The Morgan fingerprint density at radius 1 is 1.07 bits per heavy atom. The Bertz CT molecular complexity index is 1050. The van der Waals surface area contributed by atoms with Crippen LogP contribution >= 0.6 is 0 Å². The Morgan fingerprint density at radius 3 is 2.63 bits per heavy atom. The van der Waals surface area contributed by atoms with Gasteiger partial charge in [-0.2, -0.15) is 9.78 Å². The maximum atomic E-state index is 12.8. The molecule has 0 fully saturated rings. The second-order valence-corrected chi connectivity index (χ2v) is 6.93. The van der Waals surface area contributed by atoms with E-state index in [4.69, 9.17) is 5.10 Å². The van der Waals surface area contributed by atoms with Gasteiger partial charge in [0.25, 0.3) is 0 Å². The molecule has 0 saturated carbocycles. The van der Waals surface area contributed by atoms with Crippen LogP contribution in [0, 0.1) is 6.92 Å². The average Bonchev–Trinajstić information content (AvgIpc) is 3.04. The Hall–Kier alpha value is -3.28. The number of hydrogen-bond donors (Lipinski definition) is 1. The SMILES string of the molecule is Cc1nn(-c2ccccn2)c2c1[C@H](c1ccccn1)C1=C(CCCC1=O)N2. The fourth-order valence-corrected chi connectivity index (χ4v) is 4.11. The molecule has 1 atom stereocenters. The lowest BCUT2D eigenvalue weighted by Crippen LogP contribution is -2.28. The van der Waals surface area contributed by atoms with E-state index in [2.05, 4.69) is 15.3 Å². The fraction of sp³-hybridized carbons (Fsp3) is 0.238. The molecular formula is C21H19N5O. The molecule has 3 aromatic heterocycles. The summed E-state index contributed by atoms with van der Waals surface area (Å²) in [6.45, 7) is 1.98. The second-order valence-electron chi connectivity index (χ2n) is 6.93. The van der Waals surface area contributed by atoms with Crippen LogP contribution in [0.2, 0.25) is 0 Å². The summed E-state index contributed by atoms with van der Waals surface area (Å²) in [6.07, 6.45) is 5.85. The molecule has 134 valence electrons. The van der Waals surface area contributed by atoms with Crippen molar-refractivity contribution < 1.29 is 4.79 Å². The highest BCUT2D eigenvalue weighted by Gasteiger charge is 2.39. The Balaban J connectivity index is 1.76. The first-order valence-electron chi connectivity index (χ1n) is 9.19. The van der Waals surface area contributed by atoms with Gasteiger partial charge < -0.3 is 5.32 Å². The molecule has 6 nitrogen and oxygen atoms in total. The molecule has 0 aromatic carbocycles. The summed E-state index contributed by atoms with van der Waals surface area (Å²) in [5.41, 5.74) is 4.60. The van der Waals surface area contributed by atoms with Crippen LogP contribution in [0.5, 0.6) is 0 Å². The number of rotatable bonds is 2. The monoisotopic (exact) mass is 357 g/mol. The van der Waals surface area contributed by atoms with E-state index >= 15 is 0 Å². The molecule has 0 radical (unpaired) electrons. The number of fused-ring (bicyclic) bond motifs is 1. The topological polar surface area (TPSA) is 72.7 Å². The van der Waals surface area contributed by atoms with E-state index in [0.717, 1.165) is 52.7 Å². The number of aromatic nitrogens is 4. The van der Waals surface area contributed by atoms with E-state index in [9.17, 15) is 4.79 Å². The molecule has 1 aliphatic carbocycles. The number of hydrogen-bond acceptors (Lipinski definition) is 5. The van der Waals surface area contributed by atoms with Gasteiger partial charge in [0.15, 0.2) is 11.6 Å². The van der Waals surface area contributed by atoms with Crippen LogP contribution in [-0.4, -0.2) is 25.5 Å². The van der Waals surface area contributed by atoms with Crippen molar-refractivity contribution >= 4 is 11.6 Å². The minimum absolute atomic E-state index is 0.192. The van der Waals surface area contributed by atoms with E-state index in [1.165, 1.54) is 0 Å². The van der Waals surface area contributed by atoms with Crippen molar-refractivity contribution in [3.8, 4) is 5.82 Å². The number of carbonyl (C=O) groups is 1. The molecular weight excluding hydrogens is 338 g/mol. The quantitative estimate of drug-likeness (QED) is 0.759. The number of allylic oxidation sites excluding steroid dienone is 2. The van der Waals surface area contributed by atoms with Gasteiger partial charge in [0.05, 0.1) is 17.3 Å². The summed E-state index contributed by atoms with van der Waals surface area (Å²) >= 11 is 0. The molecule has 2 aliphatic rings. The molecule has 5 rings (SSSR count). The van der Waals surface area contributed by atoms with Crippen LogP contribution in [-0.2, 0) is 4.79 Å². The molecule has 0 bridgehead atoms. The number of aryl methyl sites for hydroxylation is 1. The van der Waals surface area contributed by atoms with Crippen molar-refractivity contribution in [1.29, 1.82) is 0 Å². The number of Topliss-reactive ketones (excluding diaryl/α,β-unsaturated/α-hetero) is 1. The third-order valence-electron chi connectivity index (χ3n) is 5.26. The van der Waals surface area contributed by atoms with E-state index in [0.29, 0.717) is 6.42 Å². The Morgan fingerprint density at radius 2 is 1.89 bits per heavy atom. The first kappa shape index (κ1) is 15.9. The first-order chi connectivity index (χ1) is 13.2. The summed E-state index contributed by atoms with van der Waals surface area (Å²) in [5.74, 6) is 1.65. The first-order valence-corrected chi connectivity index (χ1v) is 9.19. The lowest BCUT2D eigenvalue weighted by atomic mass is 9.78.